The third-order valence-electron chi connectivity index (χ3n) is 5.60. The summed E-state index contributed by atoms with van der Waals surface area (Å²) >= 11 is 0. The molecule has 1 aliphatic rings. The van der Waals surface area contributed by atoms with Crippen molar-refractivity contribution < 1.29 is 52.2 Å². The molecule has 1 aromatic rings. The van der Waals surface area contributed by atoms with Crippen molar-refractivity contribution >= 4 is 11.8 Å². The van der Waals surface area contributed by atoms with Crippen LogP contribution >= 0.6 is 0 Å². The average molecular weight is 617 g/mol. The third-order valence-corrected chi connectivity index (χ3v) is 5.60. The maximum Gasteiger partial charge on any atom is 0.253 e. The van der Waals surface area contributed by atoms with Crippen LogP contribution in [0.25, 0.3) is 0 Å². The van der Waals surface area contributed by atoms with Crippen LogP contribution in [0.15, 0.2) is 18.3 Å². The minimum absolute atomic E-state index is 0.101. The minimum atomic E-state index is -0.346. The van der Waals surface area contributed by atoms with Crippen molar-refractivity contribution in [2.45, 2.75) is 26.4 Å². The second kappa shape index (κ2) is 26.1. The van der Waals surface area contributed by atoms with Crippen molar-refractivity contribution in [2.75, 3.05) is 119 Å². The second-order valence-electron chi connectivity index (χ2n) is 9.08. The number of carbonyl (C=O) groups excluding carboxylic acids is 2. The third kappa shape index (κ3) is 19.5. The number of rotatable bonds is 31. The molecule has 246 valence electrons. The van der Waals surface area contributed by atoms with Crippen molar-refractivity contribution in [2.24, 2.45) is 0 Å². The highest BCUT2D eigenvalue weighted by molar-refractivity contribution is 6.12. The number of ether oxygens (including phenoxy) is 9. The number of amides is 2. The smallest absolute Gasteiger partial charge is 0.253 e. The van der Waals surface area contributed by atoms with E-state index in [4.69, 9.17) is 42.6 Å². The summed E-state index contributed by atoms with van der Waals surface area (Å²) in [5, 5.41) is 7.96. The van der Waals surface area contributed by atoms with Gasteiger partial charge in [0.25, 0.3) is 11.8 Å². The fourth-order valence-corrected chi connectivity index (χ4v) is 3.43. The first-order valence-electron chi connectivity index (χ1n) is 14.8. The van der Waals surface area contributed by atoms with Crippen LogP contribution < -0.4 is 0 Å². The quantitative estimate of drug-likeness (QED) is 0.0830. The molecule has 0 N–H and O–H groups in total. The van der Waals surface area contributed by atoms with Crippen LogP contribution in [0.4, 0.5) is 0 Å². The Bertz CT molecular complexity index is 854. The topological polar surface area (TPSA) is 151 Å². The van der Waals surface area contributed by atoms with E-state index < -0.39 is 0 Å². The monoisotopic (exact) mass is 616 g/mol. The van der Waals surface area contributed by atoms with Gasteiger partial charge in [0.1, 0.15) is 5.69 Å². The molecule has 0 spiro atoms. The molecular weight excluding hydrogens is 568 g/mol. The Balaban J connectivity index is 1.22. The van der Waals surface area contributed by atoms with Crippen LogP contribution in [-0.2, 0) is 65.3 Å². The van der Waals surface area contributed by atoms with E-state index in [2.05, 4.69) is 17.2 Å². The molecule has 15 heteroatoms. The van der Waals surface area contributed by atoms with Crippen LogP contribution in [0.5, 0.6) is 0 Å². The van der Waals surface area contributed by atoms with Gasteiger partial charge in [-0.05, 0) is 6.42 Å². The SMILES string of the molecule is CCCOCCOCCOCCOCCOCCOCCOCCOCCOCCn1cc(CN2C(=O)C=CC2=O)nn1. The predicted octanol–water partition coefficient (Wildman–Crippen LogP) is 0.263. The van der Waals surface area contributed by atoms with Gasteiger partial charge in [-0.1, -0.05) is 12.1 Å². The van der Waals surface area contributed by atoms with Crippen LogP contribution in [0.1, 0.15) is 19.0 Å². The van der Waals surface area contributed by atoms with E-state index in [-0.39, 0.29) is 18.4 Å². The summed E-state index contributed by atoms with van der Waals surface area (Å²) in [6, 6.07) is 0. The number of hydrogen-bond donors (Lipinski definition) is 0. The Morgan fingerprint density at radius 2 is 0.884 bits per heavy atom. The van der Waals surface area contributed by atoms with Gasteiger partial charge in [0, 0.05) is 18.8 Å². The van der Waals surface area contributed by atoms with Crippen molar-refractivity contribution in [1.29, 1.82) is 0 Å². The zero-order chi connectivity index (χ0) is 30.6. The Morgan fingerprint density at radius 1 is 0.535 bits per heavy atom. The summed E-state index contributed by atoms with van der Waals surface area (Å²) in [7, 11) is 0. The molecule has 0 radical (unpaired) electrons. The van der Waals surface area contributed by atoms with Gasteiger partial charge in [0.2, 0.25) is 0 Å². The number of aromatic nitrogens is 3. The van der Waals surface area contributed by atoms with Crippen molar-refractivity contribution in [3.05, 3.63) is 24.0 Å². The molecule has 2 amide bonds. The number of imide groups is 1. The molecule has 0 atom stereocenters. The highest BCUT2D eigenvalue weighted by atomic mass is 16.6. The molecule has 2 rings (SSSR count). The molecule has 2 heterocycles. The van der Waals surface area contributed by atoms with E-state index in [1.54, 1.807) is 10.9 Å². The lowest BCUT2D eigenvalue weighted by molar-refractivity contribution is -0.137. The van der Waals surface area contributed by atoms with Gasteiger partial charge >= 0.3 is 0 Å². The van der Waals surface area contributed by atoms with E-state index in [1.807, 2.05) is 0 Å². The van der Waals surface area contributed by atoms with Gasteiger partial charge in [-0.15, -0.1) is 5.10 Å². The molecule has 1 aliphatic heterocycles. The molecule has 0 bridgehead atoms. The molecule has 0 aromatic carbocycles. The van der Waals surface area contributed by atoms with E-state index in [0.717, 1.165) is 17.9 Å². The standard InChI is InChI=1S/C28H48N4O11/c1-2-6-35-8-10-37-12-14-39-16-18-41-20-22-43-23-21-42-19-17-40-15-13-38-11-9-36-7-5-31-24-26(29-30-31)25-32-27(33)3-4-28(32)34/h3-4,24H,2,5-23,25H2,1H3. The van der Waals surface area contributed by atoms with Crippen LogP contribution in [0.3, 0.4) is 0 Å². The van der Waals surface area contributed by atoms with E-state index in [9.17, 15) is 9.59 Å². The largest absolute Gasteiger partial charge is 0.379 e. The summed E-state index contributed by atoms with van der Waals surface area (Å²) in [4.78, 5) is 24.3. The predicted molar refractivity (Wildman–Crippen MR) is 152 cm³/mol. The lowest BCUT2D eigenvalue weighted by Crippen LogP contribution is -2.29. The van der Waals surface area contributed by atoms with E-state index in [0.29, 0.717) is 125 Å². The minimum Gasteiger partial charge on any atom is -0.379 e. The van der Waals surface area contributed by atoms with E-state index >= 15 is 0 Å². The first kappa shape index (κ1) is 36.8. The number of carbonyl (C=O) groups is 2. The fraction of sp³-hybridized carbons (Fsp3) is 0.786. The zero-order valence-electron chi connectivity index (χ0n) is 25.4. The summed E-state index contributed by atoms with van der Waals surface area (Å²) in [6.07, 6.45) is 5.19. The first-order valence-corrected chi connectivity index (χ1v) is 14.8. The fourth-order valence-electron chi connectivity index (χ4n) is 3.43. The molecule has 0 unspecified atom stereocenters. The van der Waals surface area contributed by atoms with Crippen molar-refractivity contribution in [3.8, 4) is 0 Å². The number of nitrogens with zero attached hydrogens (tertiary/aromatic N) is 4. The normalized spacial score (nSPS) is 13.2. The summed E-state index contributed by atoms with van der Waals surface area (Å²) in [5.74, 6) is -0.692. The summed E-state index contributed by atoms with van der Waals surface area (Å²) < 4.78 is 50.6. The van der Waals surface area contributed by atoms with Crippen molar-refractivity contribution in [3.63, 3.8) is 0 Å². The van der Waals surface area contributed by atoms with Crippen LogP contribution in [0, 0.1) is 0 Å². The lowest BCUT2D eigenvalue weighted by Gasteiger charge is -2.10. The maximum atomic E-state index is 11.6. The second-order valence-corrected chi connectivity index (χ2v) is 9.08. The molecule has 0 fully saturated rings. The molecular formula is C28H48N4O11. The lowest BCUT2D eigenvalue weighted by atomic mass is 10.4. The van der Waals surface area contributed by atoms with Gasteiger partial charge in [0.15, 0.2) is 0 Å². The zero-order valence-corrected chi connectivity index (χ0v) is 25.4. The summed E-state index contributed by atoms with van der Waals surface area (Å²) in [5.41, 5.74) is 0.536. The molecule has 0 aliphatic carbocycles. The first-order chi connectivity index (χ1) is 21.2. The molecule has 43 heavy (non-hydrogen) atoms. The number of hydrogen-bond acceptors (Lipinski definition) is 13. The summed E-state index contributed by atoms with van der Waals surface area (Å²) in [6.45, 7) is 12.1. The maximum absolute atomic E-state index is 11.6. The van der Waals surface area contributed by atoms with Crippen LogP contribution in [0.2, 0.25) is 0 Å². The van der Waals surface area contributed by atoms with Gasteiger partial charge in [-0.3, -0.25) is 14.5 Å². The molecule has 0 saturated heterocycles. The Kier molecular flexibility index (Phi) is 22.4. The molecule has 15 nitrogen and oxygen atoms in total. The van der Waals surface area contributed by atoms with Gasteiger partial charge in [0.05, 0.1) is 132 Å². The molecule has 0 saturated carbocycles. The Morgan fingerprint density at radius 3 is 1.26 bits per heavy atom. The van der Waals surface area contributed by atoms with Gasteiger partial charge < -0.3 is 42.6 Å². The van der Waals surface area contributed by atoms with Gasteiger partial charge in [-0.2, -0.15) is 0 Å². The van der Waals surface area contributed by atoms with Crippen LogP contribution in [-0.4, -0.2) is 151 Å². The van der Waals surface area contributed by atoms with E-state index in [1.165, 1.54) is 12.2 Å². The van der Waals surface area contributed by atoms with Crippen molar-refractivity contribution in [1.82, 2.24) is 19.9 Å². The molecule has 1 aromatic heterocycles. The Hall–Kier alpha value is -2.34. The highest BCUT2D eigenvalue weighted by Gasteiger charge is 2.24. The van der Waals surface area contributed by atoms with Gasteiger partial charge in [-0.25, -0.2) is 4.68 Å². The average Bonchev–Trinajstić information content (AvgIpc) is 3.60. The Labute approximate surface area is 253 Å². The highest BCUT2D eigenvalue weighted by Crippen LogP contribution is 2.08.